The van der Waals surface area contributed by atoms with Crippen molar-refractivity contribution in [1.82, 2.24) is 4.90 Å². The monoisotopic (exact) mass is 432 g/mol. The summed E-state index contributed by atoms with van der Waals surface area (Å²) < 4.78 is 17.2. The number of nitrogens with zero attached hydrogens (tertiary/aromatic N) is 2. The van der Waals surface area contributed by atoms with E-state index in [4.69, 9.17) is 37.1 Å². The molecule has 30 heavy (non-hydrogen) atoms. The Morgan fingerprint density at radius 2 is 1.97 bits per heavy atom. The van der Waals surface area contributed by atoms with Crippen LogP contribution in [0.3, 0.4) is 0 Å². The van der Waals surface area contributed by atoms with Crippen molar-refractivity contribution in [3.05, 3.63) is 0 Å². The summed E-state index contributed by atoms with van der Waals surface area (Å²) in [4.78, 5) is 17.4. The van der Waals surface area contributed by atoms with Crippen molar-refractivity contribution >= 4 is 12.2 Å². The molecule has 12 nitrogen and oxygen atoms in total. The van der Waals surface area contributed by atoms with Gasteiger partial charge in [-0.25, -0.2) is 0 Å². The first-order chi connectivity index (χ1) is 14.1. The number of carbonyl (C=O) groups is 1. The van der Waals surface area contributed by atoms with Crippen LogP contribution in [-0.4, -0.2) is 109 Å². The molecule has 1 aliphatic heterocycles. The average Bonchev–Trinajstić information content (AvgIpc) is 2.72. The number of nitrogens with two attached hydrogens (primary N) is 4. The largest absolute Gasteiger partial charge is 0.390 e. The van der Waals surface area contributed by atoms with Crippen molar-refractivity contribution in [2.24, 2.45) is 27.9 Å². The fourth-order valence-electron chi connectivity index (χ4n) is 4.05. The highest BCUT2D eigenvalue weighted by Gasteiger charge is 2.53. The maximum Gasteiger partial charge on any atom is 0.244 e. The van der Waals surface area contributed by atoms with E-state index in [0.717, 1.165) is 6.34 Å². The summed E-state index contributed by atoms with van der Waals surface area (Å²) in [5, 5.41) is 21.8. The van der Waals surface area contributed by atoms with Gasteiger partial charge < -0.3 is 52.3 Å². The Kier molecular flexibility index (Phi) is 8.94. The lowest BCUT2D eigenvalue weighted by molar-refractivity contribution is -0.267. The number of hydrogen-bond donors (Lipinski definition) is 6. The first-order valence-corrected chi connectivity index (χ1v) is 10.1. The molecular weight excluding hydrogens is 396 g/mol. The Labute approximate surface area is 176 Å². The van der Waals surface area contributed by atoms with Crippen LogP contribution in [0, 0.1) is 0 Å². The zero-order chi connectivity index (χ0) is 22.6. The number of aliphatic hydroxyl groups is 2. The van der Waals surface area contributed by atoms with E-state index in [1.54, 1.807) is 0 Å². The molecular formula is C18H36N6O6. The van der Waals surface area contributed by atoms with Crippen molar-refractivity contribution in [2.75, 3.05) is 20.7 Å². The van der Waals surface area contributed by atoms with Gasteiger partial charge in [0.2, 0.25) is 5.91 Å². The molecule has 0 spiro atoms. The van der Waals surface area contributed by atoms with E-state index in [1.165, 1.54) is 19.1 Å². The first-order valence-electron chi connectivity index (χ1n) is 10.1. The van der Waals surface area contributed by atoms with Gasteiger partial charge in [0, 0.05) is 20.2 Å². The molecule has 2 aliphatic rings. The minimum atomic E-state index is -1.28. The zero-order valence-electron chi connectivity index (χ0n) is 17.7. The van der Waals surface area contributed by atoms with E-state index in [0.29, 0.717) is 12.8 Å². The molecule has 1 aliphatic carbocycles. The van der Waals surface area contributed by atoms with Gasteiger partial charge in [-0.05, 0) is 19.8 Å². The smallest absolute Gasteiger partial charge is 0.244 e. The summed E-state index contributed by atoms with van der Waals surface area (Å²) in [5.41, 5.74) is 23.5. The molecule has 2 unspecified atom stereocenters. The van der Waals surface area contributed by atoms with Crippen molar-refractivity contribution < 1.29 is 29.2 Å². The highest BCUT2D eigenvalue weighted by molar-refractivity contribution is 5.79. The fraction of sp³-hybridized carbons (Fsp3) is 0.889. The van der Waals surface area contributed by atoms with Crippen molar-refractivity contribution in [3.63, 3.8) is 0 Å². The van der Waals surface area contributed by atoms with Crippen LogP contribution in [0.1, 0.15) is 19.8 Å². The van der Waals surface area contributed by atoms with Crippen LogP contribution in [0.5, 0.6) is 0 Å². The van der Waals surface area contributed by atoms with Crippen molar-refractivity contribution in [3.8, 4) is 0 Å². The van der Waals surface area contributed by atoms with Gasteiger partial charge in [0.05, 0.1) is 36.7 Å². The molecule has 1 amide bonds. The van der Waals surface area contributed by atoms with Crippen LogP contribution in [0.4, 0.5) is 0 Å². The molecule has 2 rings (SSSR count). The number of amides is 1. The van der Waals surface area contributed by atoms with Crippen LogP contribution >= 0.6 is 0 Å². The molecule has 0 aromatic rings. The van der Waals surface area contributed by atoms with E-state index >= 15 is 0 Å². The summed E-state index contributed by atoms with van der Waals surface area (Å²) in [6.07, 6.45) is -3.29. The van der Waals surface area contributed by atoms with E-state index < -0.39 is 54.7 Å². The summed E-state index contributed by atoms with van der Waals surface area (Å²) >= 11 is 0. The van der Waals surface area contributed by atoms with Crippen LogP contribution in [0.25, 0.3) is 0 Å². The third kappa shape index (κ3) is 5.26. The average molecular weight is 433 g/mol. The van der Waals surface area contributed by atoms with Gasteiger partial charge in [0.15, 0.2) is 6.29 Å². The Bertz CT molecular complexity index is 596. The summed E-state index contributed by atoms with van der Waals surface area (Å²) in [7, 11) is 2.84. The second-order valence-corrected chi connectivity index (χ2v) is 7.99. The van der Waals surface area contributed by atoms with Gasteiger partial charge in [0.1, 0.15) is 24.9 Å². The summed E-state index contributed by atoms with van der Waals surface area (Å²) in [6.45, 7) is 1.61. The number of carbonyl (C=O) groups excluding carboxylic acids is 1. The molecule has 0 bridgehead atoms. The third-order valence-corrected chi connectivity index (χ3v) is 5.90. The van der Waals surface area contributed by atoms with E-state index in [-0.39, 0.29) is 18.7 Å². The van der Waals surface area contributed by atoms with Crippen molar-refractivity contribution in [1.29, 1.82) is 0 Å². The molecule has 0 aromatic heterocycles. The summed E-state index contributed by atoms with van der Waals surface area (Å²) in [5.74, 6) is -0.424. The maximum atomic E-state index is 12.4. The minimum absolute atomic E-state index is 0.215. The second-order valence-electron chi connectivity index (χ2n) is 7.99. The molecule has 2 fully saturated rings. The van der Waals surface area contributed by atoms with Crippen LogP contribution < -0.4 is 22.9 Å². The minimum Gasteiger partial charge on any atom is -0.390 e. The number of rotatable bonds is 7. The molecule has 1 saturated carbocycles. The van der Waals surface area contributed by atoms with Gasteiger partial charge in [0.25, 0.3) is 0 Å². The highest BCUT2D eigenvalue weighted by atomic mass is 16.7. The van der Waals surface area contributed by atoms with Crippen LogP contribution in [0.2, 0.25) is 0 Å². The highest BCUT2D eigenvalue weighted by Crippen LogP contribution is 2.31. The molecule has 10 atom stereocenters. The normalized spacial score (nSPS) is 41.0. The van der Waals surface area contributed by atoms with Gasteiger partial charge in [-0.15, -0.1) is 0 Å². The molecule has 0 radical (unpaired) electrons. The molecule has 1 heterocycles. The quantitative estimate of drug-likeness (QED) is 0.172. The molecule has 174 valence electrons. The molecule has 0 aromatic carbocycles. The molecule has 10 N–H and O–H groups in total. The van der Waals surface area contributed by atoms with Crippen molar-refractivity contribution in [2.45, 2.75) is 80.7 Å². The Balaban J connectivity index is 2.23. The predicted octanol–water partition coefficient (Wildman–Crippen LogP) is -3.56. The lowest BCUT2D eigenvalue weighted by Crippen LogP contribution is -2.72. The number of hydrogen-bond acceptors (Lipinski definition) is 10. The molecule has 12 heteroatoms. The second kappa shape index (κ2) is 10.8. The first kappa shape index (κ1) is 24.9. The van der Waals surface area contributed by atoms with Gasteiger partial charge >= 0.3 is 0 Å². The number of ether oxygens (including phenoxy) is 3. The lowest BCUT2D eigenvalue weighted by Gasteiger charge is -2.50. The van der Waals surface area contributed by atoms with Gasteiger partial charge in [-0.1, -0.05) is 0 Å². The number of aliphatic imine (C=N–C) groups is 1. The fourth-order valence-corrected chi connectivity index (χ4v) is 4.05. The zero-order valence-corrected chi connectivity index (χ0v) is 17.7. The maximum absolute atomic E-state index is 12.4. The Morgan fingerprint density at radius 1 is 1.30 bits per heavy atom. The van der Waals surface area contributed by atoms with E-state index in [2.05, 4.69) is 4.99 Å². The Morgan fingerprint density at radius 3 is 2.53 bits per heavy atom. The van der Waals surface area contributed by atoms with E-state index in [1.807, 2.05) is 6.92 Å². The Hall–Kier alpha value is -1.38. The number of likely N-dealkylation sites (N-methyl/N-ethyl adjacent to an activating group) is 1. The predicted molar refractivity (Wildman–Crippen MR) is 109 cm³/mol. The van der Waals surface area contributed by atoms with Gasteiger partial charge in [-0.3, -0.25) is 9.79 Å². The summed E-state index contributed by atoms with van der Waals surface area (Å²) in [6, 6.07) is -2.62. The van der Waals surface area contributed by atoms with Gasteiger partial charge in [-0.2, -0.15) is 0 Å². The number of methoxy groups -OCH3 is 1. The topological polar surface area (TPSA) is 205 Å². The lowest BCUT2D eigenvalue weighted by atomic mass is 9.80. The van der Waals surface area contributed by atoms with Crippen LogP contribution in [-0.2, 0) is 19.0 Å². The SMILES string of the molecule is CO[C@H]1[C@@H](O)[C@H](N)[C@@H](O[C@H]2OC(C(C)N)CC[C@H]2N)[C@H](O)[C@@H]1N(C)C(=O)CN=CN. The standard InChI is InChI=1S/C18H36N6O6/c1-8(20)10-5-4-9(21)18(29-10)30-16-12(22)14(26)17(28-3)13(15(16)27)24(2)11(25)6-23-7-19/h7-10,12-18,26-27H,4-6,20-22H2,1-3H3,(H2,19,23)/t8?,9-,10?,12+,13+,14+,15-,16-,17-,18-/m1/s1. The molecule has 1 saturated heterocycles. The third-order valence-electron chi connectivity index (χ3n) is 5.90. The number of aliphatic hydroxyl groups excluding tert-OH is 2. The van der Waals surface area contributed by atoms with E-state index in [9.17, 15) is 15.0 Å². The van der Waals surface area contributed by atoms with Crippen LogP contribution in [0.15, 0.2) is 4.99 Å².